The lowest BCUT2D eigenvalue weighted by Crippen LogP contribution is -2.41. The van der Waals surface area contributed by atoms with E-state index in [0.29, 0.717) is 35.7 Å². The van der Waals surface area contributed by atoms with E-state index in [4.69, 9.17) is 4.74 Å². The lowest BCUT2D eigenvalue weighted by atomic mass is 9.72. The highest BCUT2D eigenvalue weighted by atomic mass is 16.5. The van der Waals surface area contributed by atoms with Gasteiger partial charge >= 0.3 is 0 Å². The second kappa shape index (κ2) is 8.78. The van der Waals surface area contributed by atoms with Gasteiger partial charge in [-0.25, -0.2) is 4.52 Å². The van der Waals surface area contributed by atoms with E-state index in [1.165, 1.54) is 12.3 Å². The molecule has 9 nitrogen and oxygen atoms in total. The van der Waals surface area contributed by atoms with Crippen molar-refractivity contribution in [1.29, 1.82) is 5.26 Å². The highest BCUT2D eigenvalue weighted by molar-refractivity contribution is 5.89. The lowest BCUT2D eigenvalue weighted by molar-refractivity contribution is -0.139. The largest absolute Gasteiger partial charge is 0.494 e. The van der Waals surface area contributed by atoms with Crippen LogP contribution in [-0.4, -0.2) is 56.2 Å². The van der Waals surface area contributed by atoms with Crippen molar-refractivity contribution in [3.8, 4) is 22.9 Å². The summed E-state index contributed by atoms with van der Waals surface area (Å²) in [5.74, 6) is 1.16. The van der Waals surface area contributed by atoms with E-state index >= 15 is 0 Å². The molecule has 5 rings (SSSR count). The predicted octanol–water partition coefficient (Wildman–Crippen LogP) is 3.02. The normalized spacial score (nSPS) is 21.8. The monoisotopic (exact) mass is 458 g/mol. The fourth-order valence-corrected chi connectivity index (χ4v) is 5.05. The Morgan fingerprint density at radius 1 is 1.26 bits per heavy atom. The molecule has 34 heavy (non-hydrogen) atoms. The molecule has 9 heteroatoms. The lowest BCUT2D eigenvalue weighted by Gasteiger charge is -2.36. The van der Waals surface area contributed by atoms with Crippen molar-refractivity contribution < 1.29 is 14.3 Å². The molecule has 3 aromatic rings. The molecule has 174 valence electrons. The molecule has 1 aliphatic carbocycles. The maximum Gasteiger partial charge on any atom is 0.225 e. The summed E-state index contributed by atoms with van der Waals surface area (Å²) in [6, 6.07) is 4.14. The van der Waals surface area contributed by atoms with Gasteiger partial charge in [-0.2, -0.15) is 15.5 Å². The average molecular weight is 459 g/mol. The van der Waals surface area contributed by atoms with E-state index < -0.39 is 0 Å². The number of nitriles is 1. The summed E-state index contributed by atoms with van der Waals surface area (Å²) in [7, 11) is 1.57. The van der Waals surface area contributed by atoms with Crippen LogP contribution in [0.2, 0.25) is 0 Å². The number of methoxy groups -OCH3 is 1. The highest BCUT2D eigenvalue weighted by Gasteiger charge is 2.39. The number of pyridine rings is 1. The van der Waals surface area contributed by atoms with Crippen LogP contribution < -0.4 is 4.74 Å². The zero-order valence-corrected chi connectivity index (χ0v) is 19.1. The summed E-state index contributed by atoms with van der Waals surface area (Å²) < 4.78 is 9.08. The zero-order valence-electron chi connectivity index (χ0n) is 19.1. The molecule has 4 heterocycles. The van der Waals surface area contributed by atoms with E-state index in [9.17, 15) is 14.9 Å². The van der Waals surface area contributed by atoms with Crippen LogP contribution in [-0.2, 0) is 9.59 Å². The van der Waals surface area contributed by atoms with Gasteiger partial charge in [0.2, 0.25) is 5.91 Å². The molecule has 0 aromatic carbocycles. The first-order chi connectivity index (χ1) is 16.5. The van der Waals surface area contributed by atoms with Gasteiger partial charge in [-0.3, -0.25) is 14.3 Å². The fourth-order valence-electron chi connectivity index (χ4n) is 5.05. The van der Waals surface area contributed by atoms with Gasteiger partial charge in [0.1, 0.15) is 22.9 Å². The van der Waals surface area contributed by atoms with Crippen molar-refractivity contribution in [2.75, 3.05) is 20.2 Å². The number of carbonyl (C=O) groups is 2. The minimum atomic E-state index is 0.0288. The Labute approximate surface area is 197 Å². The molecule has 0 spiro atoms. The van der Waals surface area contributed by atoms with Crippen molar-refractivity contribution in [1.82, 2.24) is 24.3 Å². The van der Waals surface area contributed by atoms with E-state index in [1.807, 2.05) is 28.0 Å². The average Bonchev–Trinajstić information content (AvgIpc) is 3.58. The summed E-state index contributed by atoms with van der Waals surface area (Å²) in [5, 5.41) is 18.2. The Morgan fingerprint density at radius 3 is 2.82 bits per heavy atom. The maximum absolute atomic E-state index is 12.9. The van der Waals surface area contributed by atoms with Crippen LogP contribution in [0, 0.1) is 23.2 Å². The van der Waals surface area contributed by atoms with E-state index in [2.05, 4.69) is 22.8 Å². The molecule has 3 aromatic heterocycles. The predicted molar refractivity (Wildman–Crippen MR) is 124 cm³/mol. The van der Waals surface area contributed by atoms with Crippen LogP contribution in [0.25, 0.3) is 16.6 Å². The third kappa shape index (κ3) is 3.85. The minimum Gasteiger partial charge on any atom is -0.494 e. The van der Waals surface area contributed by atoms with Crippen molar-refractivity contribution in [3.63, 3.8) is 0 Å². The quantitative estimate of drug-likeness (QED) is 0.504. The van der Waals surface area contributed by atoms with Gasteiger partial charge in [0.05, 0.1) is 25.5 Å². The van der Waals surface area contributed by atoms with E-state index in [0.717, 1.165) is 36.9 Å². The zero-order chi connectivity index (χ0) is 23.8. The third-order valence-corrected chi connectivity index (χ3v) is 7.00. The number of amides is 1. The molecule has 0 unspecified atom stereocenters. The van der Waals surface area contributed by atoms with Gasteiger partial charge in [-0.1, -0.05) is 6.58 Å². The second-order valence-electron chi connectivity index (χ2n) is 9.11. The van der Waals surface area contributed by atoms with Crippen LogP contribution in [0.15, 0.2) is 43.5 Å². The Hall–Kier alpha value is -3.93. The first kappa shape index (κ1) is 21.9. The van der Waals surface area contributed by atoms with Crippen LogP contribution >= 0.6 is 0 Å². The fraction of sp³-hybridized carbons (Fsp3) is 0.400. The molecule has 0 bridgehead atoms. The van der Waals surface area contributed by atoms with Crippen molar-refractivity contribution >= 4 is 17.2 Å². The van der Waals surface area contributed by atoms with Gasteiger partial charge in [-0.05, 0) is 37.3 Å². The number of carbonyl (C=O) groups excluding carboxylic acids is 2. The number of ketones is 1. The highest BCUT2D eigenvalue weighted by Crippen LogP contribution is 2.39. The number of allylic oxidation sites excluding steroid dienone is 1. The Bertz CT molecular complexity index is 1310. The van der Waals surface area contributed by atoms with Crippen LogP contribution in [0.1, 0.15) is 37.3 Å². The Balaban J connectivity index is 1.25. The number of ether oxygens (including phenoxy) is 1. The summed E-state index contributed by atoms with van der Waals surface area (Å²) in [5.41, 5.74) is 2.88. The van der Waals surface area contributed by atoms with E-state index in [1.54, 1.807) is 17.8 Å². The summed E-state index contributed by atoms with van der Waals surface area (Å²) in [6.07, 6.45) is 11.5. The van der Waals surface area contributed by atoms with Gasteiger partial charge in [0, 0.05) is 48.9 Å². The number of likely N-dealkylation sites (tertiary alicyclic amines) is 1. The number of rotatable bonds is 7. The van der Waals surface area contributed by atoms with Crippen LogP contribution in [0.3, 0.4) is 0 Å². The standard InChI is InChI=1S/C25H26N6O3/c1-3-22(32)8-16-6-17(7-16)25(33)29-5-4-21(15-29)30-14-20(12-27-30)18-9-23(34-2)24-19(10-26)11-28-31(24)13-18/h3,9,11-14,16-17,21H,1,4-8,15H2,2H3/t16?,17?,21-/m1/s1. The maximum atomic E-state index is 12.9. The smallest absolute Gasteiger partial charge is 0.225 e. The third-order valence-electron chi connectivity index (χ3n) is 7.00. The molecule has 0 radical (unpaired) electrons. The molecule has 1 atom stereocenters. The summed E-state index contributed by atoms with van der Waals surface area (Å²) in [6.45, 7) is 4.88. The molecule has 0 N–H and O–H groups in total. The first-order valence-corrected chi connectivity index (χ1v) is 11.4. The van der Waals surface area contributed by atoms with Crippen molar-refractivity contribution in [2.45, 2.75) is 31.7 Å². The second-order valence-corrected chi connectivity index (χ2v) is 9.11. The van der Waals surface area contributed by atoms with E-state index in [-0.39, 0.29) is 23.7 Å². The topological polar surface area (TPSA) is 106 Å². The summed E-state index contributed by atoms with van der Waals surface area (Å²) in [4.78, 5) is 26.4. The minimum absolute atomic E-state index is 0.0288. The number of aromatic nitrogens is 4. The number of hydrogen-bond acceptors (Lipinski definition) is 6. The molecular weight excluding hydrogens is 432 g/mol. The molecule has 1 aliphatic heterocycles. The number of nitrogens with zero attached hydrogens (tertiary/aromatic N) is 6. The van der Waals surface area contributed by atoms with Gasteiger partial charge in [-0.15, -0.1) is 0 Å². The molecule has 1 saturated carbocycles. The Kier molecular flexibility index (Phi) is 5.65. The van der Waals surface area contributed by atoms with Gasteiger partial charge < -0.3 is 9.64 Å². The molecule has 1 amide bonds. The SMILES string of the molecule is C=CC(=O)CC1CC(C(=O)N2CC[C@@H](n3cc(-c4cc(OC)c5c(C#N)cnn5c4)cn3)C2)C1. The molecule has 1 saturated heterocycles. The first-order valence-electron chi connectivity index (χ1n) is 11.4. The summed E-state index contributed by atoms with van der Waals surface area (Å²) >= 11 is 0. The molecule has 2 aliphatic rings. The number of hydrogen-bond donors (Lipinski definition) is 0. The molecule has 2 fully saturated rings. The Morgan fingerprint density at radius 2 is 2.09 bits per heavy atom. The van der Waals surface area contributed by atoms with Crippen LogP contribution in [0.4, 0.5) is 0 Å². The molecular formula is C25H26N6O3. The van der Waals surface area contributed by atoms with Crippen molar-refractivity contribution in [2.24, 2.45) is 11.8 Å². The van der Waals surface area contributed by atoms with Gasteiger partial charge in [0.15, 0.2) is 5.78 Å². The van der Waals surface area contributed by atoms with Gasteiger partial charge in [0.25, 0.3) is 0 Å². The van der Waals surface area contributed by atoms with Crippen LogP contribution in [0.5, 0.6) is 5.75 Å². The van der Waals surface area contributed by atoms with Crippen molar-refractivity contribution in [3.05, 3.63) is 49.1 Å². The number of fused-ring (bicyclic) bond motifs is 1.